The number of amides is 1. The predicted molar refractivity (Wildman–Crippen MR) is 78.4 cm³/mol. The Morgan fingerprint density at radius 3 is 2.50 bits per heavy atom. The summed E-state index contributed by atoms with van der Waals surface area (Å²) in [6.45, 7) is 1.27. The molecule has 124 valence electrons. The first-order valence-electron chi connectivity index (χ1n) is 6.71. The number of carbonyl (C=O) groups is 1. The first-order valence-corrected chi connectivity index (χ1v) is 6.71. The van der Waals surface area contributed by atoms with E-state index in [1.54, 1.807) is 4.90 Å². The topological polar surface area (TPSA) is 41.6 Å². The maximum absolute atomic E-state index is 12.3. The van der Waals surface area contributed by atoms with E-state index in [0.717, 1.165) is 25.0 Å². The van der Waals surface area contributed by atoms with Gasteiger partial charge in [-0.3, -0.25) is 4.79 Å². The van der Waals surface area contributed by atoms with Gasteiger partial charge in [0, 0.05) is 24.7 Å². The predicted octanol–water partition coefficient (Wildman–Crippen LogP) is 2.83. The number of benzene rings is 1. The Labute approximate surface area is 133 Å². The number of likely N-dealkylation sites (N-methyl/N-ethyl adjacent to an activating group) is 1. The van der Waals surface area contributed by atoms with Crippen molar-refractivity contribution in [2.45, 2.75) is 25.2 Å². The third-order valence-corrected chi connectivity index (χ3v) is 3.45. The number of likely N-dealkylation sites (tertiary alicyclic amines) is 1. The van der Waals surface area contributed by atoms with Crippen LogP contribution in [0.5, 0.6) is 5.75 Å². The van der Waals surface area contributed by atoms with E-state index in [1.807, 2.05) is 7.05 Å². The van der Waals surface area contributed by atoms with E-state index in [-0.39, 0.29) is 30.1 Å². The molecule has 1 aromatic carbocycles. The molecule has 1 unspecified atom stereocenters. The molecule has 1 N–H and O–H groups in total. The molecule has 2 rings (SSSR count). The van der Waals surface area contributed by atoms with E-state index in [1.165, 1.54) is 12.1 Å². The molecule has 4 nitrogen and oxygen atoms in total. The highest BCUT2D eigenvalue weighted by Crippen LogP contribution is 2.23. The smallest absolute Gasteiger partial charge is 0.406 e. The Bertz CT molecular complexity index is 494. The van der Waals surface area contributed by atoms with E-state index in [4.69, 9.17) is 0 Å². The third-order valence-electron chi connectivity index (χ3n) is 3.45. The number of nitrogens with zero attached hydrogens (tertiary/aromatic N) is 1. The number of hydrogen-bond acceptors (Lipinski definition) is 3. The fourth-order valence-corrected chi connectivity index (χ4v) is 2.38. The van der Waals surface area contributed by atoms with Crippen LogP contribution in [0.3, 0.4) is 0 Å². The Hall–Kier alpha value is -1.47. The summed E-state index contributed by atoms with van der Waals surface area (Å²) < 4.78 is 40.0. The van der Waals surface area contributed by atoms with Crippen molar-refractivity contribution in [1.29, 1.82) is 0 Å². The van der Waals surface area contributed by atoms with Crippen molar-refractivity contribution in [3.63, 3.8) is 0 Å². The quantitative estimate of drug-likeness (QED) is 0.921. The number of hydrogen-bond donors (Lipinski definition) is 1. The molecule has 1 aliphatic heterocycles. The zero-order valence-electron chi connectivity index (χ0n) is 12.0. The lowest BCUT2D eigenvalue weighted by Crippen LogP contribution is -2.46. The maximum Gasteiger partial charge on any atom is 0.573 e. The molecule has 1 fully saturated rings. The van der Waals surface area contributed by atoms with Crippen LogP contribution in [0.1, 0.15) is 23.2 Å². The zero-order valence-corrected chi connectivity index (χ0v) is 12.8. The average molecular weight is 339 g/mol. The van der Waals surface area contributed by atoms with Crippen molar-refractivity contribution in [3.8, 4) is 5.75 Å². The summed E-state index contributed by atoms with van der Waals surface area (Å²) in [6.07, 6.45) is -2.80. The van der Waals surface area contributed by atoms with E-state index in [0.29, 0.717) is 18.7 Å². The number of ether oxygens (including phenoxy) is 1. The summed E-state index contributed by atoms with van der Waals surface area (Å²) in [5.74, 6) is -0.501. The van der Waals surface area contributed by atoms with Gasteiger partial charge in [0.2, 0.25) is 0 Å². The van der Waals surface area contributed by atoms with Gasteiger partial charge in [0.05, 0.1) is 0 Å². The van der Waals surface area contributed by atoms with Crippen LogP contribution in [-0.4, -0.2) is 43.3 Å². The van der Waals surface area contributed by atoms with E-state index in [2.05, 4.69) is 10.1 Å². The van der Waals surface area contributed by atoms with Crippen molar-refractivity contribution >= 4 is 18.3 Å². The summed E-state index contributed by atoms with van der Waals surface area (Å²) in [5, 5.41) is 3.14. The summed E-state index contributed by atoms with van der Waals surface area (Å²) in [7, 11) is 1.85. The fraction of sp³-hybridized carbons (Fsp3) is 0.500. The molecular formula is C14H18ClF3N2O2. The Morgan fingerprint density at radius 1 is 1.32 bits per heavy atom. The minimum Gasteiger partial charge on any atom is -0.406 e. The van der Waals surface area contributed by atoms with Gasteiger partial charge in [-0.05, 0) is 44.2 Å². The summed E-state index contributed by atoms with van der Waals surface area (Å²) in [4.78, 5) is 14.0. The molecule has 8 heteroatoms. The molecule has 1 heterocycles. The normalized spacial score (nSPS) is 18.5. The van der Waals surface area contributed by atoms with Gasteiger partial charge in [-0.15, -0.1) is 25.6 Å². The van der Waals surface area contributed by atoms with Crippen LogP contribution in [0, 0.1) is 0 Å². The molecular weight excluding hydrogens is 321 g/mol. The van der Waals surface area contributed by atoms with Gasteiger partial charge in [-0.2, -0.15) is 0 Å². The van der Waals surface area contributed by atoms with E-state index < -0.39 is 6.36 Å². The number of nitrogens with one attached hydrogen (secondary N) is 1. The van der Waals surface area contributed by atoms with Crippen molar-refractivity contribution in [2.24, 2.45) is 0 Å². The molecule has 22 heavy (non-hydrogen) atoms. The molecule has 0 bridgehead atoms. The van der Waals surface area contributed by atoms with E-state index >= 15 is 0 Å². The van der Waals surface area contributed by atoms with Gasteiger partial charge in [0.15, 0.2) is 0 Å². The van der Waals surface area contributed by atoms with Crippen LogP contribution in [0.4, 0.5) is 13.2 Å². The highest BCUT2D eigenvalue weighted by Gasteiger charge is 2.31. The lowest BCUT2D eigenvalue weighted by atomic mass is 10.0. The second-order valence-corrected chi connectivity index (χ2v) is 4.95. The lowest BCUT2D eigenvalue weighted by molar-refractivity contribution is -0.274. The van der Waals surface area contributed by atoms with Crippen LogP contribution < -0.4 is 10.1 Å². The highest BCUT2D eigenvalue weighted by molar-refractivity contribution is 5.94. The number of halogens is 4. The molecule has 0 saturated carbocycles. The maximum atomic E-state index is 12.3. The molecule has 1 atom stereocenters. The van der Waals surface area contributed by atoms with Gasteiger partial charge >= 0.3 is 6.36 Å². The second kappa shape index (κ2) is 7.69. The lowest BCUT2D eigenvalue weighted by Gasteiger charge is -2.32. The largest absolute Gasteiger partial charge is 0.573 e. The first-order chi connectivity index (χ1) is 9.89. The van der Waals surface area contributed by atoms with Crippen LogP contribution in [0.15, 0.2) is 24.3 Å². The Morgan fingerprint density at radius 2 is 1.95 bits per heavy atom. The zero-order chi connectivity index (χ0) is 15.5. The number of carbonyl (C=O) groups excluding carboxylic acids is 1. The minimum atomic E-state index is -4.72. The van der Waals surface area contributed by atoms with Gasteiger partial charge in [0.1, 0.15) is 5.75 Å². The number of alkyl halides is 3. The molecule has 1 amide bonds. The van der Waals surface area contributed by atoms with Crippen molar-refractivity contribution < 1.29 is 22.7 Å². The molecule has 0 radical (unpaired) electrons. The standard InChI is InChI=1S/C14H17F3N2O2.ClH/c1-18-11-3-2-8-19(9-11)13(20)10-4-6-12(7-5-10)21-14(15,16)17;/h4-7,11,18H,2-3,8-9H2,1H3;1H. The van der Waals surface area contributed by atoms with Crippen LogP contribution in [0.25, 0.3) is 0 Å². The molecule has 1 aromatic rings. The Kier molecular flexibility index (Phi) is 6.49. The van der Waals surface area contributed by atoms with Crippen LogP contribution >= 0.6 is 12.4 Å². The van der Waals surface area contributed by atoms with Gasteiger partial charge in [0.25, 0.3) is 5.91 Å². The molecule has 0 aliphatic carbocycles. The summed E-state index contributed by atoms with van der Waals surface area (Å²) in [5.41, 5.74) is 0.362. The molecule has 1 aliphatic rings. The first kappa shape index (κ1) is 18.6. The second-order valence-electron chi connectivity index (χ2n) is 4.95. The Balaban J connectivity index is 0.00000242. The van der Waals surface area contributed by atoms with Gasteiger partial charge in [-0.25, -0.2) is 0 Å². The van der Waals surface area contributed by atoms with Crippen LogP contribution in [0.2, 0.25) is 0 Å². The van der Waals surface area contributed by atoms with E-state index in [9.17, 15) is 18.0 Å². The van der Waals surface area contributed by atoms with Gasteiger partial charge in [-0.1, -0.05) is 0 Å². The van der Waals surface area contributed by atoms with Gasteiger partial charge < -0.3 is 15.0 Å². The molecule has 1 saturated heterocycles. The third kappa shape index (κ3) is 5.06. The average Bonchev–Trinajstić information content (AvgIpc) is 2.46. The van der Waals surface area contributed by atoms with Crippen molar-refractivity contribution in [3.05, 3.63) is 29.8 Å². The van der Waals surface area contributed by atoms with Crippen molar-refractivity contribution in [2.75, 3.05) is 20.1 Å². The van der Waals surface area contributed by atoms with Crippen molar-refractivity contribution in [1.82, 2.24) is 10.2 Å². The molecule has 0 aromatic heterocycles. The molecule has 0 spiro atoms. The van der Waals surface area contributed by atoms with Crippen LogP contribution in [-0.2, 0) is 0 Å². The summed E-state index contributed by atoms with van der Waals surface area (Å²) in [6, 6.07) is 5.27. The highest BCUT2D eigenvalue weighted by atomic mass is 35.5. The summed E-state index contributed by atoms with van der Waals surface area (Å²) >= 11 is 0. The minimum absolute atomic E-state index is 0. The fourth-order valence-electron chi connectivity index (χ4n) is 2.38. The number of piperidine rings is 1. The monoisotopic (exact) mass is 338 g/mol. The SMILES string of the molecule is CNC1CCCN(C(=O)c2ccc(OC(F)(F)F)cc2)C1.Cl. The number of rotatable bonds is 3.